The van der Waals surface area contributed by atoms with Gasteiger partial charge in [-0.05, 0) is 19.8 Å². The Hall–Kier alpha value is -2.25. The second kappa shape index (κ2) is 5.40. The molecule has 0 aliphatic carbocycles. The van der Waals surface area contributed by atoms with Crippen molar-refractivity contribution < 1.29 is 4.79 Å². The zero-order valence-corrected chi connectivity index (χ0v) is 11.8. The third kappa shape index (κ3) is 2.40. The molecule has 0 radical (unpaired) electrons. The fourth-order valence-corrected chi connectivity index (χ4v) is 2.13. The Bertz CT molecular complexity index is 768. The summed E-state index contributed by atoms with van der Waals surface area (Å²) in [5, 5.41) is 7.59. The smallest absolute Gasteiger partial charge is 0.300 e. The van der Waals surface area contributed by atoms with E-state index in [2.05, 4.69) is 10.3 Å². The number of rotatable bonds is 5. The Morgan fingerprint density at radius 2 is 1.90 bits per heavy atom. The monoisotopic (exact) mass is 279 g/mol. The highest BCUT2D eigenvalue weighted by atomic mass is 16.2. The number of hydrogen-bond donors (Lipinski definition) is 0. The minimum atomic E-state index is -0.411. The summed E-state index contributed by atoms with van der Waals surface area (Å²) < 4.78 is 3.85. The molecule has 0 spiro atoms. The van der Waals surface area contributed by atoms with Gasteiger partial charge in [0.15, 0.2) is 11.2 Å². The van der Waals surface area contributed by atoms with Crippen LogP contribution in [0.3, 0.4) is 0 Å². The van der Waals surface area contributed by atoms with Crippen LogP contribution < -0.4 is 11.2 Å². The molecule has 0 saturated heterocycles. The third-order valence-electron chi connectivity index (χ3n) is 3.25. The van der Waals surface area contributed by atoms with E-state index in [9.17, 15) is 14.4 Å². The Morgan fingerprint density at radius 1 is 1.20 bits per heavy atom. The van der Waals surface area contributed by atoms with Crippen LogP contribution in [0.15, 0.2) is 9.59 Å². The molecular formula is C12H17N5O3. The van der Waals surface area contributed by atoms with Crippen molar-refractivity contribution in [3.63, 3.8) is 0 Å². The third-order valence-corrected chi connectivity index (χ3v) is 3.25. The van der Waals surface area contributed by atoms with Crippen molar-refractivity contribution in [1.82, 2.24) is 24.1 Å². The molecule has 0 aliphatic heterocycles. The summed E-state index contributed by atoms with van der Waals surface area (Å²) in [4.78, 5) is 35.3. The molecule has 0 unspecified atom stereocenters. The van der Waals surface area contributed by atoms with Crippen LogP contribution in [0.2, 0.25) is 0 Å². The van der Waals surface area contributed by atoms with Crippen molar-refractivity contribution in [1.29, 1.82) is 0 Å². The van der Waals surface area contributed by atoms with Gasteiger partial charge in [0.25, 0.3) is 5.56 Å². The van der Waals surface area contributed by atoms with E-state index in [1.165, 1.54) is 20.7 Å². The Kier molecular flexibility index (Phi) is 3.82. The van der Waals surface area contributed by atoms with Crippen molar-refractivity contribution in [2.45, 2.75) is 32.7 Å². The fourth-order valence-electron chi connectivity index (χ4n) is 2.13. The summed E-state index contributed by atoms with van der Waals surface area (Å²) in [5.74, 6) is 0.108. The molecule has 0 amide bonds. The van der Waals surface area contributed by atoms with Crippen molar-refractivity contribution in [3.8, 4) is 0 Å². The summed E-state index contributed by atoms with van der Waals surface area (Å²) in [6, 6.07) is 0. The first-order valence-electron chi connectivity index (χ1n) is 6.42. The minimum Gasteiger partial charge on any atom is -0.300 e. The van der Waals surface area contributed by atoms with Crippen LogP contribution >= 0.6 is 0 Å². The molecule has 108 valence electrons. The van der Waals surface area contributed by atoms with Crippen LogP contribution in [-0.4, -0.2) is 29.9 Å². The Balaban J connectivity index is 2.38. The molecular weight excluding hydrogens is 262 g/mol. The van der Waals surface area contributed by atoms with Gasteiger partial charge in [0.1, 0.15) is 5.78 Å². The molecule has 0 N–H and O–H groups in total. The topological polar surface area (TPSA) is 91.8 Å². The van der Waals surface area contributed by atoms with Crippen LogP contribution in [0.1, 0.15) is 26.2 Å². The maximum atomic E-state index is 12.3. The van der Waals surface area contributed by atoms with Crippen molar-refractivity contribution in [2.75, 3.05) is 0 Å². The van der Waals surface area contributed by atoms with Gasteiger partial charge in [0.05, 0.1) is 0 Å². The highest BCUT2D eigenvalue weighted by molar-refractivity contribution is 5.75. The average molecular weight is 279 g/mol. The van der Waals surface area contributed by atoms with E-state index in [-0.39, 0.29) is 11.4 Å². The molecule has 2 rings (SSSR count). The van der Waals surface area contributed by atoms with Gasteiger partial charge in [0.2, 0.25) is 0 Å². The van der Waals surface area contributed by atoms with Gasteiger partial charge in [-0.15, -0.1) is 5.10 Å². The number of unbranched alkanes of at least 4 members (excludes halogenated alkanes) is 1. The molecule has 0 atom stereocenters. The van der Waals surface area contributed by atoms with Crippen LogP contribution in [-0.2, 0) is 25.4 Å². The maximum absolute atomic E-state index is 12.3. The van der Waals surface area contributed by atoms with E-state index in [0.29, 0.717) is 31.3 Å². The molecule has 8 heteroatoms. The number of hydrogen-bond acceptors (Lipinski definition) is 5. The van der Waals surface area contributed by atoms with Gasteiger partial charge in [-0.25, -0.2) is 9.48 Å². The van der Waals surface area contributed by atoms with Crippen molar-refractivity contribution in [3.05, 3.63) is 20.8 Å². The SMILES string of the molecule is CC(=O)CCCCn1c(=O)c2c(nnn2C)n(C)c1=O. The first-order chi connectivity index (χ1) is 9.43. The number of nitrogens with zero attached hydrogens (tertiary/aromatic N) is 5. The van der Waals surface area contributed by atoms with Crippen LogP contribution in [0, 0.1) is 0 Å². The van der Waals surface area contributed by atoms with Gasteiger partial charge in [-0.2, -0.15) is 0 Å². The summed E-state index contributed by atoms with van der Waals surface area (Å²) >= 11 is 0. The van der Waals surface area contributed by atoms with E-state index in [4.69, 9.17) is 0 Å². The van der Waals surface area contributed by atoms with Crippen molar-refractivity contribution >= 4 is 16.9 Å². The van der Waals surface area contributed by atoms with Crippen LogP contribution in [0.4, 0.5) is 0 Å². The molecule has 0 aliphatic rings. The Morgan fingerprint density at radius 3 is 2.55 bits per heavy atom. The molecule has 2 heterocycles. The normalized spacial score (nSPS) is 11.2. The molecule has 0 saturated carbocycles. The lowest BCUT2D eigenvalue weighted by Crippen LogP contribution is -2.39. The zero-order chi connectivity index (χ0) is 14.9. The predicted molar refractivity (Wildman–Crippen MR) is 72.5 cm³/mol. The van der Waals surface area contributed by atoms with Crippen molar-refractivity contribution in [2.24, 2.45) is 14.1 Å². The number of fused-ring (bicyclic) bond motifs is 1. The lowest BCUT2D eigenvalue weighted by Gasteiger charge is -2.07. The average Bonchev–Trinajstić information content (AvgIpc) is 2.77. The zero-order valence-electron chi connectivity index (χ0n) is 11.8. The lowest BCUT2D eigenvalue weighted by molar-refractivity contribution is -0.117. The molecule has 2 aromatic heterocycles. The number of Topliss-reactive ketones (excluding diaryl/α,β-unsaturated/α-hetero) is 1. The predicted octanol–water partition coefficient (Wildman–Crippen LogP) is -0.412. The van der Waals surface area contributed by atoms with Crippen LogP contribution in [0.5, 0.6) is 0 Å². The van der Waals surface area contributed by atoms with Gasteiger partial charge in [0, 0.05) is 27.1 Å². The summed E-state index contributed by atoms with van der Waals surface area (Å²) in [6.45, 7) is 1.82. The summed E-state index contributed by atoms with van der Waals surface area (Å²) in [7, 11) is 3.17. The van der Waals surface area contributed by atoms with Crippen LogP contribution in [0.25, 0.3) is 11.2 Å². The highest BCUT2D eigenvalue weighted by Gasteiger charge is 2.15. The first kappa shape index (κ1) is 14.2. The number of aryl methyl sites for hydroxylation is 2. The van der Waals surface area contributed by atoms with E-state index in [1.54, 1.807) is 14.1 Å². The van der Waals surface area contributed by atoms with E-state index >= 15 is 0 Å². The van der Waals surface area contributed by atoms with E-state index in [0.717, 1.165) is 0 Å². The van der Waals surface area contributed by atoms with Gasteiger partial charge < -0.3 is 4.79 Å². The lowest BCUT2D eigenvalue weighted by atomic mass is 10.2. The quantitative estimate of drug-likeness (QED) is 0.694. The standard InChI is InChI=1S/C12H17N5O3/c1-8(18)6-4-5-7-17-11(19)9-10(13-14-16(9)3)15(2)12(17)20/h4-7H2,1-3H3. The van der Waals surface area contributed by atoms with E-state index in [1.807, 2.05) is 0 Å². The molecule has 0 aromatic carbocycles. The summed E-state index contributed by atoms with van der Waals surface area (Å²) in [5.41, 5.74) is -0.217. The summed E-state index contributed by atoms with van der Waals surface area (Å²) in [6.07, 6.45) is 1.72. The molecule has 0 bridgehead atoms. The maximum Gasteiger partial charge on any atom is 0.332 e. The van der Waals surface area contributed by atoms with E-state index < -0.39 is 11.2 Å². The largest absolute Gasteiger partial charge is 0.332 e. The van der Waals surface area contributed by atoms with Gasteiger partial charge in [-0.1, -0.05) is 5.21 Å². The number of carbonyl (C=O) groups excluding carboxylic acids is 1. The minimum absolute atomic E-state index is 0.108. The molecule has 0 fully saturated rings. The number of ketones is 1. The Labute approximate surface area is 114 Å². The number of aromatic nitrogens is 5. The van der Waals surface area contributed by atoms with Gasteiger partial charge in [-0.3, -0.25) is 13.9 Å². The first-order valence-corrected chi connectivity index (χ1v) is 6.42. The fraction of sp³-hybridized carbons (Fsp3) is 0.583. The highest BCUT2D eigenvalue weighted by Crippen LogP contribution is 2.02. The molecule has 20 heavy (non-hydrogen) atoms. The van der Waals surface area contributed by atoms with Gasteiger partial charge >= 0.3 is 5.69 Å². The second-order valence-corrected chi connectivity index (χ2v) is 4.84. The number of carbonyl (C=O) groups is 1. The second-order valence-electron chi connectivity index (χ2n) is 4.84. The molecule has 2 aromatic rings. The molecule has 8 nitrogen and oxygen atoms in total.